The van der Waals surface area contributed by atoms with Crippen molar-refractivity contribution in [3.05, 3.63) is 0 Å². The number of rotatable bonds is 5. The van der Waals surface area contributed by atoms with Gasteiger partial charge >= 0.3 is 6.09 Å². The molecule has 0 aliphatic heterocycles. The highest BCUT2D eigenvalue weighted by Crippen LogP contribution is 2.07. The number of carbonyl (C=O) groups excluding carboxylic acids is 1. The van der Waals surface area contributed by atoms with Gasteiger partial charge in [0, 0.05) is 6.61 Å². The van der Waals surface area contributed by atoms with E-state index in [2.05, 4.69) is 5.32 Å². The fourth-order valence-corrected chi connectivity index (χ4v) is 1.10. The van der Waals surface area contributed by atoms with Crippen molar-refractivity contribution in [1.29, 1.82) is 0 Å². The minimum Gasteiger partial charge on any atom is -0.444 e. The number of hydrogen-bond donors (Lipinski definition) is 1. The maximum atomic E-state index is 11.4. The standard InChI is InChI=1S/C11H23NO3/c1-6-8-9(14-7-2)12-10(13)15-11(3,4)5/h9H,6-8H2,1-5H3,(H,12,13). The number of alkyl carbamates (subject to hydrolysis) is 1. The molecule has 0 aromatic carbocycles. The molecule has 0 radical (unpaired) electrons. The lowest BCUT2D eigenvalue weighted by atomic mass is 10.2. The average Bonchev–Trinajstić information content (AvgIpc) is 2.00. The van der Waals surface area contributed by atoms with Crippen LogP contribution in [0.1, 0.15) is 47.5 Å². The molecular weight excluding hydrogens is 194 g/mol. The molecule has 0 fully saturated rings. The molecule has 1 amide bonds. The molecule has 15 heavy (non-hydrogen) atoms. The summed E-state index contributed by atoms with van der Waals surface area (Å²) in [6, 6.07) is 0. The SMILES string of the molecule is CCCC(NC(=O)OC(C)(C)C)OCC. The van der Waals surface area contributed by atoms with E-state index in [-0.39, 0.29) is 6.23 Å². The van der Waals surface area contributed by atoms with E-state index in [1.165, 1.54) is 0 Å². The van der Waals surface area contributed by atoms with Gasteiger partial charge in [0.1, 0.15) is 11.8 Å². The molecule has 4 nitrogen and oxygen atoms in total. The van der Waals surface area contributed by atoms with Crippen LogP contribution in [-0.4, -0.2) is 24.5 Å². The Kier molecular flexibility index (Phi) is 6.32. The van der Waals surface area contributed by atoms with Crippen LogP contribution in [0.25, 0.3) is 0 Å². The predicted molar refractivity (Wildman–Crippen MR) is 59.7 cm³/mol. The van der Waals surface area contributed by atoms with Gasteiger partial charge in [0.05, 0.1) is 0 Å². The zero-order valence-electron chi connectivity index (χ0n) is 10.4. The number of carbonyl (C=O) groups is 1. The van der Waals surface area contributed by atoms with Crippen LogP contribution in [0.4, 0.5) is 4.79 Å². The van der Waals surface area contributed by atoms with Gasteiger partial charge in [-0.15, -0.1) is 0 Å². The summed E-state index contributed by atoms with van der Waals surface area (Å²) in [5.74, 6) is 0. The quantitative estimate of drug-likeness (QED) is 0.720. The van der Waals surface area contributed by atoms with Crippen LogP contribution in [0.15, 0.2) is 0 Å². The van der Waals surface area contributed by atoms with Gasteiger partial charge in [-0.05, 0) is 34.1 Å². The van der Waals surface area contributed by atoms with E-state index in [9.17, 15) is 4.79 Å². The summed E-state index contributed by atoms with van der Waals surface area (Å²) >= 11 is 0. The normalized spacial score (nSPS) is 13.4. The van der Waals surface area contributed by atoms with Crippen molar-refractivity contribution in [2.75, 3.05) is 6.61 Å². The van der Waals surface area contributed by atoms with Crippen molar-refractivity contribution >= 4 is 6.09 Å². The van der Waals surface area contributed by atoms with Crippen LogP contribution in [0, 0.1) is 0 Å². The van der Waals surface area contributed by atoms with E-state index in [0.29, 0.717) is 6.61 Å². The first-order valence-electron chi connectivity index (χ1n) is 5.50. The van der Waals surface area contributed by atoms with Crippen LogP contribution in [0.3, 0.4) is 0 Å². The van der Waals surface area contributed by atoms with Gasteiger partial charge in [-0.25, -0.2) is 4.79 Å². The lowest BCUT2D eigenvalue weighted by molar-refractivity contribution is 0.00683. The van der Waals surface area contributed by atoms with Gasteiger partial charge < -0.3 is 9.47 Å². The Hall–Kier alpha value is -0.770. The van der Waals surface area contributed by atoms with E-state index >= 15 is 0 Å². The molecule has 0 saturated heterocycles. The zero-order valence-corrected chi connectivity index (χ0v) is 10.4. The van der Waals surface area contributed by atoms with Crippen molar-refractivity contribution in [1.82, 2.24) is 5.32 Å². The second-order valence-corrected chi connectivity index (χ2v) is 4.38. The Morgan fingerprint density at radius 2 is 1.93 bits per heavy atom. The largest absolute Gasteiger partial charge is 0.444 e. The van der Waals surface area contributed by atoms with Crippen LogP contribution >= 0.6 is 0 Å². The van der Waals surface area contributed by atoms with Gasteiger partial charge in [0.25, 0.3) is 0 Å². The van der Waals surface area contributed by atoms with E-state index in [1.54, 1.807) is 0 Å². The Labute approximate surface area is 92.3 Å². The lowest BCUT2D eigenvalue weighted by Gasteiger charge is -2.23. The van der Waals surface area contributed by atoms with Crippen LogP contribution in [0.5, 0.6) is 0 Å². The van der Waals surface area contributed by atoms with Crippen molar-refractivity contribution < 1.29 is 14.3 Å². The highest BCUT2D eigenvalue weighted by atomic mass is 16.6. The fourth-order valence-electron chi connectivity index (χ4n) is 1.10. The van der Waals surface area contributed by atoms with Crippen molar-refractivity contribution in [3.8, 4) is 0 Å². The van der Waals surface area contributed by atoms with Gasteiger partial charge in [0.2, 0.25) is 0 Å². The summed E-state index contributed by atoms with van der Waals surface area (Å²) < 4.78 is 10.5. The molecule has 0 aliphatic carbocycles. The second-order valence-electron chi connectivity index (χ2n) is 4.38. The van der Waals surface area contributed by atoms with Gasteiger partial charge in [-0.3, -0.25) is 5.32 Å². The smallest absolute Gasteiger partial charge is 0.409 e. The van der Waals surface area contributed by atoms with Crippen LogP contribution in [0.2, 0.25) is 0 Å². The molecule has 0 aromatic rings. The summed E-state index contributed by atoms with van der Waals surface area (Å²) in [5, 5.41) is 2.69. The third kappa shape index (κ3) is 8.24. The first kappa shape index (κ1) is 14.2. The molecule has 90 valence electrons. The van der Waals surface area contributed by atoms with Crippen molar-refractivity contribution in [2.24, 2.45) is 0 Å². The molecule has 1 N–H and O–H groups in total. The third-order valence-corrected chi connectivity index (χ3v) is 1.60. The van der Waals surface area contributed by atoms with Gasteiger partial charge in [-0.1, -0.05) is 13.3 Å². The summed E-state index contributed by atoms with van der Waals surface area (Å²) in [5.41, 5.74) is -0.465. The van der Waals surface area contributed by atoms with E-state index in [1.807, 2.05) is 34.6 Å². The molecule has 0 aromatic heterocycles. The maximum Gasteiger partial charge on any atom is 0.409 e. The molecule has 4 heteroatoms. The average molecular weight is 217 g/mol. The molecule has 0 aliphatic rings. The van der Waals surface area contributed by atoms with Gasteiger partial charge in [-0.2, -0.15) is 0 Å². The topological polar surface area (TPSA) is 47.6 Å². The minimum atomic E-state index is -0.465. The maximum absolute atomic E-state index is 11.4. The van der Waals surface area contributed by atoms with Crippen LogP contribution in [-0.2, 0) is 9.47 Å². The highest BCUT2D eigenvalue weighted by molar-refractivity contribution is 5.67. The summed E-state index contributed by atoms with van der Waals surface area (Å²) in [7, 11) is 0. The number of amides is 1. The number of ether oxygens (including phenoxy) is 2. The van der Waals surface area contributed by atoms with E-state index in [4.69, 9.17) is 9.47 Å². The van der Waals surface area contributed by atoms with Gasteiger partial charge in [0.15, 0.2) is 0 Å². The second kappa shape index (κ2) is 6.67. The Balaban J connectivity index is 3.99. The number of hydrogen-bond acceptors (Lipinski definition) is 3. The molecule has 0 saturated carbocycles. The van der Waals surface area contributed by atoms with E-state index in [0.717, 1.165) is 12.8 Å². The predicted octanol–water partition coefficient (Wildman–Crippen LogP) is 2.67. The fraction of sp³-hybridized carbons (Fsp3) is 0.909. The molecule has 0 heterocycles. The first-order valence-corrected chi connectivity index (χ1v) is 5.50. The number of nitrogens with one attached hydrogen (secondary N) is 1. The summed E-state index contributed by atoms with van der Waals surface area (Å²) in [4.78, 5) is 11.4. The Bertz CT molecular complexity index is 181. The minimum absolute atomic E-state index is 0.241. The molecule has 0 rings (SSSR count). The first-order chi connectivity index (χ1) is 6.89. The Morgan fingerprint density at radius 3 is 2.33 bits per heavy atom. The molecule has 0 bridgehead atoms. The zero-order chi connectivity index (χ0) is 11.9. The molecule has 1 unspecified atom stereocenters. The van der Waals surface area contributed by atoms with Crippen molar-refractivity contribution in [2.45, 2.75) is 59.3 Å². The third-order valence-electron chi connectivity index (χ3n) is 1.60. The monoisotopic (exact) mass is 217 g/mol. The van der Waals surface area contributed by atoms with E-state index < -0.39 is 11.7 Å². The highest BCUT2D eigenvalue weighted by Gasteiger charge is 2.18. The van der Waals surface area contributed by atoms with Crippen LogP contribution < -0.4 is 5.32 Å². The molecule has 0 spiro atoms. The molecule has 1 atom stereocenters. The lowest BCUT2D eigenvalue weighted by Crippen LogP contribution is -2.40. The summed E-state index contributed by atoms with van der Waals surface area (Å²) in [6.45, 7) is 10.0. The molecular formula is C11H23NO3. The summed E-state index contributed by atoms with van der Waals surface area (Å²) in [6.07, 6.45) is 1.09. The Morgan fingerprint density at radius 1 is 1.33 bits per heavy atom. The van der Waals surface area contributed by atoms with Crippen molar-refractivity contribution in [3.63, 3.8) is 0 Å².